The maximum atomic E-state index is 12.1. The van der Waals surface area contributed by atoms with Crippen molar-refractivity contribution in [3.63, 3.8) is 0 Å². The van der Waals surface area contributed by atoms with Crippen LogP contribution >= 0.6 is 34.8 Å². The van der Waals surface area contributed by atoms with Gasteiger partial charge in [0, 0.05) is 31.9 Å². The number of ether oxygens (including phenoxy) is 1. The molecular formula is C24H20Cl3N3O3. The Morgan fingerprint density at radius 1 is 0.939 bits per heavy atom. The van der Waals surface area contributed by atoms with Crippen LogP contribution in [0.2, 0.25) is 15.1 Å². The van der Waals surface area contributed by atoms with Crippen LogP contribution in [0.15, 0.2) is 59.7 Å². The second-order valence-corrected chi connectivity index (χ2v) is 8.37. The van der Waals surface area contributed by atoms with E-state index in [0.717, 1.165) is 11.1 Å². The predicted octanol–water partition coefficient (Wildman–Crippen LogP) is 5.93. The summed E-state index contributed by atoms with van der Waals surface area (Å²) in [4.78, 5) is 24.2. The molecule has 0 heterocycles. The van der Waals surface area contributed by atoms with Crippen LogP contribution in [-0.4, -0.2) is 18.0 Å². The van der Waals surface area contributed by atoms with Gasteiger partial charge in [0.05, 0.1) is 6.21 Å². The van der Waals surface area contributed by atoms with Gasteiger partial charge >= 0.3 is 11.8 Å². The lowest BCUT2D eigenvalue weighted by atomic mass is 10.1. The van der Waals surface area contributed by atoms with Crippen LogP contribution in [0, 0.1) is 13.8 Å². The van der Waals surface area contributed by atoms with Crippen LogP contribution in [0.4, 0.5) is 5.69 Å². The molecule has 3 aromatic rings. The first-order valence-corrected chi connectivity index (χ1v) is 10.9. The molecule has 2 amide bonds. The zero-order valence-electron chi connectivity index (χ0n) is 17.8. The summed E-state index contributed by atoms with van der Waals surface area (Å²) in [5.74, 6) is -1.32. The number of rotatable bonds is 6. The molecule has 0 radical (unpaired) electrons. The second kappa shape index (κ2) is 11.2. The minimum atomic E-state index is -0.920. The van der Waals surface area contributed by atoms with Crippen molar-refractivity contribution in [1.29, 1.82) is 0 Å². The molecule has 0 aliphatic heterocycles. The number of halogens is 3. The summed E-state index contributed by atoms with van der Waals surface area (Å²) in [7, 11) is 0. The summed E-state index contributed by atoms with van der Waals surface area (Å²) in [6.45, 7) is 3.99. The van der Waals surface area contributed by atoms with Gasteiger partial charge in [0.15, 0.2) is 0 Å². The molecular weight excluding hydrogens is 485 g/mol. The Hall–Kier alpha value is -3.06. The second-order valence-electron chi connectivity index (χ2n) is 7.12. The quantitative estimate of drug-likeness (QED) is 0.248. The van der Waals surface area contributed by atoms with E-state index in [9.17, 15) is 9.59 Å². The summed E-state index contributed by atoms with van der Waals surface area (Å²) >= 11 is 18.5. The van der Waals surface area contributed by atoms with E-state index < -0.39 is 11.8 Å². The summed E-state index contributed by atoms with van der Waals surface area (Å²) in [5, 5.41) is 7.79. The molecule has 0 aromatic heterocycles. The Bertz CT molecular complexity index is 1210. The SMILES string of the molecule is Cc1ccc(NC(=O)C(=O)N/N=C\c2cc(Cl)ccc2OCc2c(Cl)cccc2Cl)cc1C. The molecule has 6 nitrogen and oxygen atoms in total. The molecule has 0 unspecified atom stereocenters. The lowest BCUT2D eigenvalue weighted by Crippen LogP contribution is -2.32. The summed E-state index contributed by atoms with van der Waals surface area (Å²) in [5.41, 5.74) is 5.91. The Morgan fingerprint density at radius 3 is 2.36 bits per heavy atom. The predicted molar refractivity (Wildman–Crippen MR) is 133 cm³/mol. The molecule has 0 saturated heterocycles. The fraction of sp³-hybridized carbons (Fsp3) is 0.125. The molecule has 170 valence electrons. The number of nitrogens with one attached hydrogen (secondary N) is 2. The Kier molecular flexibility index (Phi) is 8.33. The van der Waals surface area contributed by atoms with Gasteiger partial charge < -0.3 is 10.1 Å². The zero-order valence-corrected chi connectivity index (χ0v) is 20.1. The normalized spacial score (nSPS) is 10.8. The number of aryl methyl sites for hydroxylation is 2. The summed E-state index contributed by atoms with van der Waals surface area (Å²) < 4.78 is 5.83. The van der Waals surface area contributed by atoms with Crippen molar-refractivity contribution in [1.82, 2.24) is 5.43 Å². The van der Waals surface area contributed by atoms with E-state index in [1.54, 1.807) is 48.5 Å². The highest BCUT2D eigenvalue weighted by atomic mass is 35.5. The first kappa shape index (κ1) is 24.6. The monoisotopic (exact) mass is 503 g/mol. The van der Waals surface area contributed by atoms with Gasteiger partial charge in [0.25, 0.3) is 0 Å². The van der Waals surface area contributed by atoms with E-state index in [-0.39, 0.29) is 6.61 Å². The third-order valence-electron chi connectivity index (χ3n) is 4.75. The van der Waals surface area contributed by atoms with Crippen LogP contribution in [-0.2, 0) is 16.2 Å². The number of carbonyl (C=O) groups is 2. The number of hydrogen-bond donors (Lipinski definition) is 2. The van der Waals surface area contributed by atoms with E-state index in [1.165, 1.54) is 6.21 Å². The van der Waals surface area contributed by atoms with Gasteiger partial charge in [-0.3, -0.25) is 9.59 Å². The van der Waals surface area contributed by atoms with Gasteiger partial charge in [-0.25, -0.2) is 5.43 Å². The molecule has 0 aliphatic carbocycles. The number of amides is 2. The Labute approximate surface area is 206 Å². The zero-order chi connectivity index (χ0) is 24.0. The number of nitrogens with zero attached hydrogens (tertiary/aromatic N) is 1. The maximum absolute atomic E-state index is 12.1. The average Bonchev–Trinajstić information content (AvgIpc) is 2.77. The van der Waals surface area contributed by atoms with Gasteiger partial charge in [-0.2, -0.15) is 5.10 Å². The minimum absolute atomic E-state index is 0.117. The fourth-order valence-corrected chi connectivity index (χ4v) is 3.48. The highest BCUT2D eigenvalue weighted by molar-refractivity contribution is 6.39. The molecule has 0 atom stereocenters. The molecule has 2 N–H and O–H groups in total. The summed E-state index contributed by atoms with van der Waals surface area (Å²) in [6, 6.07) is 15.5. The minimum Gasteiger partial charge on any atom is -0.488 e. The molecule has 0 spiro atoms. The third-order valence-corrected chi connectivity index (χ3v) is 5.69. The first-order chi connectivity index (χ1) is 15.7. The average molecular weight is 505 g/mol. The largest absolute Gasteiger partial charge is 0.488 e. The van der Waals surface area contributed by atoms with Gasteiger partial charge in [-0.15, -0.1) is 0 Å². The van der Waals surface area contributed by atoms with E-state index in [1.807, 2.05) is 19.9 Å². The highest BCUT2D eigenvalue weighted by Crippen LogP contribution is 2.27. The fourth-order valence-electron chi connectivity index (χ4n) is 2.79. The van der Waals surface area contributed by atoms with Crippen LogP contribution in [0.3, 0.4) is 0 Å². The lowest BCUT2D eigenvalue weighted by molar-refractivity contribution is -0.136. The molecule has 33 heavy (non-hydrogen) atoms. The number of carbonyl (C=O) groups excluding carboxylic acids is 2. The van der Waals surface area contributed by atoms with Crippen molar-refractivity contribution in [3.8, 4) is 5.75 Å². The maximum Gasteiger partial charge on any atom is 0.329 e. The van der Waals surface area contributed by atoms with Crippen LogP contribution in [0.5, 0.6) is 5.75 Å². The van der Waals surface area contributed by atoms with E-state index in [0.29, 0.717) is 37.6 Å². The van der Waals surface area contributed by atoms with Crippen molar-refractivity contribution < 1.29 is 14.3 Å². The standard InChI is InChI=1S/C24H20Cl3N3O3/c1-14-6-8-18(10-15(14)2)29-23(31)24(32)30-28-12-16-11-17(25)7-9-22(16)33-13-19-20(26)4-3-5-21(19)27/h3-12H,13H2,1-2H3,(H,29,31)(H,30,32)/b28-12-. The van der Waals surface area contributed by atoms with Gasteiger partial charge in [0.1, 0.15) is 12.4 Å². The summed E-state index contributed by atoms with van der Waals surface area (Å²) in [6.07, 6.45) is 1.33. The number of anilines is 1. The Balaban J connectivity index is 1.65. The molecule has 0 fully saturated rings. The smallest absolute Gasteiger partial charge is 0.329 e. The molecule has 0 aliphatic rings. The number of hydrazone groups is 1. The molecule has 0 bridgehead atoms. The van der Waals surface area contributed by atoms with E-state index >= 15 is 0 Å². The van der Waals surface area contributed by atoms with Gasteiger partial charge in [0.2, 0.25) is 0 Å². The number of hydrogen-bond acceptors (Lipinski definition) is 4. The van der Waals surface area contributed by atoms with Crippen molar-refractivity contribution in [2.75, 3.05) is 5.32 Å². The van der Waals surface area contributed by atoms with Gasteiger partial charge in [-0.05, 0) is 67.4 Å². The van der Waals surface area contributed by atoms with Crippen molar-refractivity contribution in [2.24, 2.45) is 5.10 Å². The number of benzene rings is 3. The first-order valence-electron chi connectivity index (χ1n) is 9.81. The van der Waals surface area contributed by atoms with Crippen molar-refractivity contribution >= 4 is 58.5 Å². The lowest BCUT2D eigenvalue weighted by Gasteiger charge is -2.12. The Morgan fingerprint density at radius 2 is 1.67 bits per heavy atom. The van der Waals surface area contributed by atoms with Gasteiger partial charge in [-0.1, -0.05) is 46.9 Å². The molecule has 9 heteroatoms. The third kappa shape index (κ3) is 6.71. The van der Waals surface area contributed by atoms with Crippen LogP contribution in [0.25, 0.3) is 0 Å². The van der Waals surface area contributed by atoms with Crippen LogP contribution in [0.1, 0.15) is 22.3 Å². The molecule has 0 saturated carbocycles. The molecule has 3 aromatic carbocycles. The topological polar surface area (TPSA) is 79.8 Å². The van der Waals surface area contributed by atoms with Crippen LogP contribution < -0.4 is 15.5 Å². The van der Waals surface area contributed by atoms with Crippen molar-refractivity contribution in [3.05, 3.63) is 91.9 Å². The highest BCUT2D eigenvalue weighted by Gasteiger charge is 2.14. The van der Waals surface area contributed by atoms with E-state index in [4.69, 9.17) is 39.5 Å². The van der Waals surface area contributed by atoms with Crippen molar-refractivity contribution in [2.45, 2.75) is 20.5 Å². The van der Waals surface area contributed by atoms with E-state index in [2.05, 4.69) is 15.8 Å². The molecule has 3 rings (SSSR count).